The minimum atomic E-state index is -0.936. The smallest absolute Gasteiger partial charge is 0.197 e. The topological polar surface area (TPSA) is 85.9 Å². The van der Waals surface area contributed by atoms with Crippen LogP contribution in [0.4, 0.5) is 0 Å². The molecule has 2 aromatic carbocycles. The Kier molecular flexibility index (Phi) is 6.97. The molecular formula is C30H34N2O4. The first-order valence-electron chi connectivity index (χ1n) is 12.3. The number of para-hydroxylation sites is 2. The van der Waals surface area contributed by atoms with Crippen molar-refractivity contribution in [2.45, 2.75) is 33.7 Å². The average molecular weight is 487 g/mol. The number of hydrogen-bond acceptors (Lipinski definition) is 5. The van der Waals surface area contributed by atoms with Crippen LogP contribution in [0.1, 0.15) is 33.7 Å². The lowest BCUT2D eigenvalue weighted by Crippen LogP contribution is -2.35. The van der Waals surface area contributed by atoms with Crippen molar-refractivity contribution >= 4 is 27.6 Å². The number of aliphatic hydroxyl groups excluding tert-OH is 3. The maximum Gasteiger partial charge on any atom is 0.197 e. The van der Waals surface area contributed by atoms with E-state index in [1.54, 1.807) is 0 Å². The molecule has 0 saturated carbocycles. The Balaban J connectivity index is 1.71. The van der Waals surface area contributed by atoms with E-state index in [1.807, 2.05) is 53.1 Å². The van der Waals surface area contributed by atoms with E-state index in [-0.39, 0.29) is 28.4 Å². The quantitative estimate of drug-likeness (QED) is 0.230. The molecule has 0 fully saturated rings. The Labute approximate surface area is 211 Å². The second-order valence-corrected chi connectivity index (χ2v) is 10.2. The van der Waals surface area contributed by atoms with Gasteiger partial charge in [0.25, 0.3) is 0 Å². The van der Waals surface area contributed by atoms with E-state index in [1.165, 1.54) is 6.08 Å². The van der Waals surface area contributed by atoms with Crippen molar-refractivity contribution in [3.8, 4) is 0 Å². The molecule has 0 spiro atoms. The van der Waals surface area contributed by atoms with Gasteiger partial charge < -0.3 is 24.8 Å². The third kappa shape index (κ3) is 4.39. The zero-order chi connectivity index (χ0) is 26.1. The predicted molar refractivity (Wildman–Crippen MR) is 145 cm³/mol. The normalized spacial score (nSPS) is 16.9. The lowest BCUT2D eigenvalue weighted by Gasteiger charge is -2.31. The summed E-state index contributed by atoms with van der Waals surface area (Å²) < 4.78 is 1.81. The van der Waals surface area contributed by atoms with Crippen molar-refractivity contribution in [3.05, 3.63) is 95.8 Å². The molecule has 1 atom stereocenters. The molecule has 3 aromatic rings. The number of aliphatic hydroxyl groups is 3. The van der Waals surface area contributed by atoms with E-state index >= 15 is 0 Å². The maximum atomic E-state index is 13.4. The number of aromatic nitrogens is 1. The molecule has 0 aliphatic heterocycles. The van der Waals surface area contributed by atoms with Crippen LogP contribution in [0, 0.1) is 11.8 Å². The molecule has 6 heteroatoms. The fourth-order valence-corrected chi connectivity index (χ4v) is 4.96. The van der Waals surface area contributed by atoms with Crippen LogP contribution < -0.4 is 0 Å². The Morgan fingerprint density at radius 2 is 1.50 bits per heavy atom. The van der Waals surface area contributed by atoms with E-state index < -0.39 is 6.04 Å². The molecule has 0 amide bonds. The summed E-state index contributed by atoms with van der Waals surface area (Å²) in [5.74, 6) is -0.132. The molecule has 36 heavy (non-hydrogen) atoms. The Morgan fingerprint density at radius 1 is 1.00 bits per heavy atom. The molecule has 1 aromatic heterocycles. The molecule has 0 radical (unpaired) electrons. The largest absolute Gasteiger partial charge is 0.515 e. The zero-order valence-corrected chi connectivity index (χ0v) is 21.3. The molecular weight excluding hydrogens is 452 g/mol. The number of ketones is 1. The number of Topliss-reactive ketones (excluding diaryl/α,β-unsaturated/α-hetero) is 1. The number of allylic oxidation sites excluding steroid dienone is 3. The molecule has 1 aliphatic carbocycles. The number of hydrogen-bond donors (Lipinski definition) is 3. The standard InChI is InChI=1S/C30H34N2O4/c1-18(2)15-31(16-19(3)4)20(5)14-26(34)23(17-33)27-29(35)28(30(27)36)32-24-12-8-6-10-21(24)22-11-7-9-13-25(22)32/h6-14,17-19,28,33-35H,5,15-16H2,1-4H3/b23-17-,26-14+. The number of benzene rings is 2. The monoisotopic (exact) mass is 486 g/mol. The lowest BCUT2D eigenvalue weighted by molar-refractivity contribution is -0.120. The SMILES string of the molecule is C=C(/C=C(O)\C(=C\O)C1=C(O)C(n2c3ccccc3c3ccccc32)C1=O)N(CC(C)C)CC(C)C. The molecule has 0 saturated heterocycles. The van der Waals surface area contributed by atoms with E-state index in [0.717, 1.165) is 34.9 Å². The second kappa shape index (κ2) is 9.97. The van der Waals surface area contributed by atoms with Crippen LogP contribution in [0.5, 0.6) is 0 Å². The molecule has 6 nitrogen and oxygen atoms in total. The van der Waals surface area contributed by atoms with Crippen LogP contribution in [0.25, 0.3) is 21.8 Å². The highest BCUT2D eigenvalue weighted by atomic mass is 16.3. The van der Waals surface area contributed by atoms with E-state index in [2.05, 4.69) is 39.2 Å². The third-order valence-corrected chi connectivity index (χ3v) is 6.44. The highest BCUT2D eigenvalue weighted by molar-refractivity contribution is 6.15. The second-order valence-electron chi connectivity index (χ2n) is 10.2. The van der Waals surface area contributed by atoms with Gasteiger partial charge in [-0.2, -0.15) is 0 Å². The summed E-state index contributed by atoms with van der Waals surface area (Å²) in [5.41, 5.74) is 2.00. The van der Waals surface area contributed by atoms with Crippen LogP contribution in [0.15, 0.2) is 95.8 Å². The average Bonchev–Trinajstić information content (AvgIpc) is 3.15. The van der Waals surface area contributed by atoms with Gasteiger partial charge in [0.1, 0.15) is 11.5 Å². The van der Waals surface area contributed by atoms with Crippen LogP contribution >= 0.6 is 0 Å². The summed E-state index contributed by atoms with van der Waals surface area (Å²) in [7, 11) is 0. The molecule has 1 heterocycles. The van der Waals surface area contributed by atoms with Crippen LogP contribution in [-0.4, -0.2) is 43.7 Å². The maximum absolute atomic E-state index is 13.4. The van der Waals surface area contributed by atoms with Crippen molar-refractivity contribution in [1.82, 2.24) is 9.47 Å². The first-order chi connectivity index (χ1) is 17.1. The van der Waals surface area contributed by atoms with Gasteiger partial charge in [0.05, 0.1) is 28.4 Å². The van der Waals surface area contributed by atoms with E-state index in [0.29, 0.717) is 23.8 Å². The van der Waals surface area contributed by atoms with Crippen LogP contribution in [0.3, 0.4) is 0 Å². The van der Waals surface area contributed by atoms with Crippen molar-refractivity contribution < 1.29 is 20.1 Å². The summed E-state index contributed by atoms with van der Waals surface area (Å²) in [6.45, 7) is 14.0. The van der Waals surface area contributed by atoms with Crippen molar-refractivity contribution in [3.63, 3.8) is 0 Å². The summed E-state index contributed by atoms with van der Waals surface area (Å²) in [6.07, 6.45) is 2.11. The van der Waals surface area contributed by atoms with Gasteiger partial charge in [-0.1, -0.05) is 70.7 Å². The minimum Gasteiger partial charge on any atom is -0.515 e. The number of carbonyl (C=O) groups is 1. The number of rotatable bonds is 9. The van der Waals surface area contributed by atoms with Crippen LogP contribution in [-0.2, 0) is 4.79 Å². The minimum absolute atomic E-state index is 0.0924. The van der Waals surface area contributed by atoms with Crippen molar-refractivity contribution in [2.24, 2.45) is 11.8 Å². The number of fused-ring (bicyclic) bond motifs is 3. The Bertz CT molecular complexity index is 1360. The molecule has 3 N–H and O–H groups in total. The lowest BCUT2D eigenvalue weighted by atomic mass is 9.82. The number of nitrogens with zero attached hydrogens (tertiary/aromatic N) is 2. The van der Waals surface area contributed by atoms with Gasteiger partial charge in [-0.3, -0.25) is 4.79 Å². The third-order valence-electron chi connectivity index (χ3n) is 6.44. The van der Waals surface area contributed by atoms with Crippen molar-refractivity contribution in [2.75, 3.05) is 13.1 Å². The Morgan fingerprint density at radius 3 is 1.94 bits per heavy atom. The van der Waals surface area contributed by atoms with E-state index in [4.69, 9.17) is 0 Å². The molecule has 0 bridgehead atoms. The summed E-state index contributed by atoms with van der Waals surface area (Å²) in [5, 5.41) is 33.9. The summed E-state index contributed by atoms with van der Waals surface area (Å²) in [4.78, 5) is 15.5. The first kappa shape index (κ1) is 25.2. The first-order valence-corrected chi connectivity index (χ1v) is 12.3. The van der Waals surface area contributed by atoms with Gasteiger partial charge in [-0.15, -0.1) is 0 Å². The van der Waals surface area contributed by atoms with Crippen LogP contribution in [0.2, 0.25) is 0 Å². The molecule has 1 aliphatic rings. The number of carbonyl (C=O) groups excluding carboxylic acids is 1. The molecule has 1 unspecified atom stereocenters. The van der Waals surface area contributed by atoms with Gasteiger partial charge in [-0.05, 0) is 24.0 Å². The fraction of sp³-hybridized carbons (Fsp3) is 0.300. The summed E-state index contributed by atoms with van der Waals surface area (Å²) >= 11 is 0. The van der Waals surface area contributed by atoms with Crippen molar-refractivity contribution in [1.29, 1.82) is 0 Å². The molecule has 188 valence electrons. The fourth-order valence-electron chi connectivity index (χ4n) is 4.96. The highest BCUT2D eigenvalue weighted by Gasteiger charge is 2.44. The Hall–Kier alpha value is -3.93. The zero-order valence-electron chi connectivity index (χ0n) is 21.3. The van der Waals surface area contributed by atoms with Gasteiger partial charge in [0.15, 0.2) is 11.8 Å². The van der Waals surface area contributed by atoms with Gasteiger partial charge in [0, 0.05) is 35.6 Å². The van der Waals surface area contributed by atoms with Gasteiger partial charge in [-0.25, -0.2) is 0 Å². The van der Waals surface area contributed by atoms with Gasteiger partial charge in [0.2, 0.25) is 0 Å². The highest BCUT2D eigenvalue weighted by Crippen LogP contribution is 2.43. The summed E-state index contributed by atoms with van der Waals surface area (Å²) in [6, 6.07) is 14.5. The molecule has 4 rings (SSSR count). The predicted octanol–water partition coefficient (Wildman–Crippen LogP) is 6.74. The van der Waals surface area contributed by atoms with Gasteiger partial charge >= 0.3 is 0 Å². The van der Waals surface area contributed by atoms with E-state index in [9.17, 15) is 20.1 Å².